The second-order valence-corrected chi connectivity index (χ2v) is 6.80. The molecule has 2 rings (SSSR count). The molecule has 0 amide bonds. The first-order valence-electron chi connectivity index (χ1n) is 7.98. The molecule has 1 atom stereocenters. The zero-order chi connectivity index (χ0) is 18.4. The molecule has 5 heteroatoms. The Morgan fingerprint density at radius 1 is 1.08 bits per heavy atom. The van der Waals surface area contributed by atoms with Gasteiger partial charge in [-0.15, -0.1) is 11.8 Å². The summed E-state index contributed by atoms with van der Waals surface area (Å²) in [4.78, 5) is 25.4. The molecule has 132 valence electrons. The number of methoxy groups -OCH3 is 1. The Labute approximate surface area is 152 Å². The molecule has 2 aromatic rings. The highest BCUT2D eigenvalue weighted by Gasteiger charge is 2.19. The minimum absolute atomic E-state index is 0.171. The number of ketones is 1. The number of hydrogen-bond donors (Lipinski definition) is 0. The third kappa shape index (κ3) is 5.36. The topological polar surface area (TPSA) is 52.6 Å². The molecular formula is C20H22O4S. The van der Waals surface area contributed by atoms with Crippen LogP contribution in [0.2, 0.25) is 0 Å². The summed E-state index contributed by atoms with van der Waals surface area (Å²) in [6, 6.07) is 12.8. The van der Waals surface area contributed by atoms with E-state index in [-0.39, 0.29) is 11.5 Å². The summed E-state index contributed by atoms with van der Waals surface area (Å²) in [5, 5.41) is 0. The fraction of sp³-hybridized carbons (Fsp3) is 0.300. The van der Waals surface area contributed by atoms with Gasteiger partial charge < -0.3 is 9.47 Å². The van der Waals surface area contributed by atoms with Gasteiger partial charge in [0.15, 0.2) is 6.10 Å². The molecule has 0 bridgehead atoms. The van der Waals surface area contributed by atoms with Gasteiger partial charge in [0.05, 0.1) is 12.9 Å². The molecule has 0 saturated heterocycles. The fourth-order valence-corrected chi connectivity index (χ4v) is 3.16. The van der Waals surface area contributed by atoms with Crippen LogP contribution in [-0.4, -0.2) is 30.7 Å². The molecule has 0 aliphatic carbocycles. The van der Waals surface area contributed by atoms with E-state index in [0.29, 0.717) is 11.3 Å². The van der Waals surface area contributed by atoms with E-state index in [1.54, 1.807) is 38.3 Å². The van der Waals surface area contributed by atoms with Crippen molar-refractivity contribution in [2.45, 2.75) is 31.8 Å². The zero-order valence-electron chi connectivity index (χ0n) is 14.9. The Morgan fingerprint density at radius 3 is 2.36 bits per heavy atom. The molecule has 0 radical (unpaired) electrons. The first-order chi connectivity index (χ1) is 11.9. The van der Waals surface area contributed by atoms with Crippen LogP contribution in [0.3, 0.4) is 0 Å². The van der Waals surface area contributed by atoms with Gasteiger partial charge in [0.1, 0.15) is 5.75 Å². The lowest BCUT2D eigenvalue weighted by atomic mass is 10.1. The van der Waals surface area contributed by atoms with Crippen molar-refractivity contribution in [3.8, 4) is 5.75 Å². The SMILES string of the molecule is COc1ccc(C(=O)[C@@H](C)OC(=O)CSc2ccc(C)cc2C)cc1. The summed E-state index contributed by atoms with van der Waals surface area (Å²) in [5.41, 5.74) is 2.80. The van der Waals surface area contributed by atoms with Crippen LogP contribution in [0.15, 0.2) is 47.4 Å². The predicted molar refractivity (Wildman–Crippen MR) is 99.5 cm³/mol. The maximum absolute atomic E-state index is 12.3. The van der Waals surface area contributed by atoms with Gasteiger partial charge in [-0.2, -0.15) is 0 Å². The molecule has 0 spiro atoms. The zero-order valence-corrected chi connectivity index (χ0v) is 15.7. The van der Waals surface area contributed by atoms with E-state index in [9.17, 15) is 9.59 Å². The molecule has 0 unspecified atom stereocenters. The van der Waals surface area contributed by atoms with Gasteiger partial charge >= 0.3 is 5.97 Å². The smallest absolute Gasteiger partial charge is 0.316 e. The molecule has 2 aromatic carbocycles. The molecule has 0 aliphatic heterocycles. The number of rotatable bonds is 7. The maximum Gasteiger partial charge on any atom is 0.316 e. The van der Waals surface area contributed by atoms with Crippen molar-refractivity contribution in [1.29, 1.82) is 0 Å². The molecule has 0 heterocycles. The minimum atomic E-state index is -0.819. The van der Waals surface area contributed by atoms with Gasteiger partial charge in [-0.05, 0) is 56.7 Å². The van der Waals surface area contributed by atoms with Crippen molar-refractivity contribution in [3.05, 3.63) is 59.2 Å². The lowest BCUT2D eigenvalue weighted by Crippen LogP contribution is -2.25. The summed E-state index contributed by atoms with van der Waals surface area (Å²) in [7, 11) is 1.56. The van der Waals surface area contributed by atoms with Crippen LogP contribution in [0.4, 0.5) is 0 Å². The highest BCUT2D eigenvalue weighted by atomic mass is 32.2. The van der Waals surface area contributed by atoms with E-state index in [1.165, 1.54) is 17.3 Å². The van der Waals surface area contributed by atoms with Gasteiger partial charge in [-0.3, -0.25) is 9.59 Å². The number of esters is 1. The second-order valence-electron chi connectivity index (χ2n) is 5.78. The third-order valence-electron chi connectivity index (χ3n) is 3.73. The van der Waals surface area contributed by atoms with Crippen molar-refractivity contribution >= 4 is 23.5 Å². The molecular weight excluding hydrogens is 336 g/mol. The van der Waals surface area contributed by atoms with Gasteiger partial charge in [-0.25, -0.2) is 0 Å². The monoisotopic (exact) mass is 358 g/mol. The van der Waals surface area contributed by atoms with E-state index >= 15 is 0 Å². The molecule has 0 N–H and O–H groups in total. The van der Waals surface area contributed by atoms with Gasteiger partial charge in [-0.1, -0.05) is 17.7 Å². The highest BCUT2D eigenvalue weighted by Crippen LogP contribution is 2.23. The molecule has 0 aliphatic rings. The largest absolute Gasteiger partial charge is 0.497 e. The van der Waals surface area contributed by atoms with Crippen molar-refractivity contribution in [2.75, 3.05) is 12.9 Å². The standard InChI is InChI=1S/C20H22O4S/c1-13-5-10-18(14(2)11-13)25-12-19(21)24-15(3)20(22)16-6-8-17(23-4)9-7-16/h5-11,15H,12H2,1-4H3/t15-/m1/s1. The quantitative estimate of drug-likeness (QED) is 0.421. The number of carbonyl (C=O) groups is 2. The summed E-state index contributed by atoms with van der Waals surface area (Å²) in [6.45, 7) is 5.63. The van der Waals surface area contributed by atoms with E-state index in [4.69, 9.17) is 9.47 Å². The van der Waals surface area contributed by atoms with Gasteiger partial charge in [0, 0.05) is 10.5 Å². The highest BCUT2D eigenvalue weighted by molar-refractivity contribution is 8.00. The van der Waals surface area contributed by atoms with Crippen LogP contribution in [0, 0.1) is 13.8 Å². The number of carbonyl (C=O) groups excluding carboxylic acids is 2. The summed E-state index contributed by atoms with van der Waals surface area (Å²) in [6.07, 6.45) is -0.819. The third-order valence-corrected chi connectivity index (χ3v) is 4.88. The number of aryl methyl sites for hydroxylation is 2. The van der Waals surface area contributed by atoms with Crippen molar-refractivity contribution in [2.24, 2.45) is 0 Å². The predicted octanol–water partition coefficient (Wildman–Crippen LogP) is 4.22. The minimum Gasteiger partial charge on any atom is -0.497 e. The van der Waals surface area contributed by atoms with E-state index in [1.807, 2.05) is 26.0 Å². The maximum atomic E-state index is 12.3. The van der Waals surface area contributed by atoms with Crippen LogP contribution in [0.25, 0.3) is 0 Å². The lowest BCUT2D eigenvalue weighted by Gasteiger charge is -2.13. The number of ether oxygens (including phenoxy) is 2. The van der Waals surface area contributed by atoms with E-state index in [2.05, 4.69) is 6.07 Å². The van der Waals surface area contributed by atoms with Crippen LogP contribution in [-0.2, 0) is 9.53 Å². The van der Waals surface area contributed by atoms with Crippen molar-refractivity contribution in [3.63, 3.8) is 0 Å². The summed E-state index contributed by atoms with van der Waals surface area (Å²) < 4.78 is 10.3. The van der Waals surface area contributed by atoms with E-state index in [0.717, 1.165) is 10.5 Å². The molecule has 25 heavy (non-hydrogen) atoms. The first-order valence-corrected chi connectivity index (χ1v) is 8.97. The second kappa shape index (κ2) is 8.72. The van der Waals surface area contributed by atoms with Crippen LogP contribution in [0.5, 0.6) is 5.75 Å². The van der Waals surface area contributed by atoms with Crippen LogP contribution in [0.1, 0.15) is 28.4 Å². The number of hydrogen-bond acceptors (Lipinski definition) is 5. The van der Waals surface area contributed by atoms with Crippen molar-refractivity contribution < 1.29 is 19.1 Å². The Hall–Kier alpha value is -2.27. The number of benzene rings is 2. The lowest BCUT2D eigenvalue weighted by molar-refractivity contribution is -0.143. The Balaban J connectivity index is 1.89. The van der Waals surface area contributed by atoms with Crippen LogP contribution < -0.4 is 4.74 Å². The summed E-state index contributed by atoms with van der Waals surface area (Å²) in [5.74, 6) is 0.211. The van der Waals surface area contributed by atoms with Crippen molar-refractivity contribution in [1.82, 2.24) is 0 Å². The van der Waals surface area contributed by atoms with Gasteiger partial charge in [0.25, 0.3) is 0 Å². The Morgan fingerprint density at radius 2 is 1.76 bits per heavy atom. The number of Topliss-reactive ketones (excluding diaryl/α,β-unsaturated/α-hetero) is 1. The van der Waals surface area contributed by atoms with Crippen LogP contribution >= 0.6 is 11.8 Å². The van der Waals surface area contributed by atoms with E-state index < -0.39 is 12.1 Å². The normalized spacial score (nSPS) is 11.7. The van der Waals surface area contributed by atoms with Gasteiger partial charge in [0.2, 0.25) is 5.78 Å². The molecule has 4 nitrogen and oxygen atoms in total. The fourth-order valence-electron chi connectivity index (χ4n) is 2.37. The molecule has 0 saturated carbocycles. The average Bonchev–Trinajstić information content (AvgIpc) is 2.60. The Bertz CT molecular complexity index is 753. The Kier molecular flexibility index (Phi) is 6.65. The average molecular weight is 358 g/mol. The molecule has 0 fully saturated rings. The molecule has 0 aromatic heterocycles. The number of thioether (sulfide) groups is 1. The first kappa shape index (κ1) is 19.1. The summed E-state index contributed by atoms with van der Waals surface area (Å²) >= 11 is 1.42.